The largest absolute Gasteiger partial charge is 0.487 e. The summed E-state index contributed by atoms with van der Waals surface area (Å²) in [6.45, 7) is 0. The molecule has 1 nitrogen and oxygen atoms in total. The standard InChI is InChI=1S/C9H9ClOS/c10-8-3-1-2-4-9(8)11-7-5-12-6-7/h1-4,7H,5-6H2. The van der Waals surface area contributed by atoms with Gasteiger partial charge in [-0.1, -0.05) is 23.7 Å². The van der Waals surface area contributed by atoms with Gasteiger partial charge >= 0.3 is 0 Å². The van der Waals surface area contributed by atoms with Gasteiger partial charge in [-0.3, -0.25) is 0 Å². The van der Waals surface area contributed by atoms with E-state index in [2.05, 4.69) is 0 Å². The molecule has 3 heteroatoms. The minimum Gasteiger partial charge on any atom is -0.487 e. The number of benzene rings is 1. The third-order valence-electron chi connectivity index (χ3n) is 1.74. The molecule has 0 N–H and O–H groups in total. The maximum absolute atomic E-state index is 5.92. The van der Waals surface area contributed by atoms with Crippen LogP contribution in [0.25, 0.3) is 0 Å². The quantitative estimate of drug-likeness (QED) is 0.726. The number of hydrogen-bond acceptors (Lipinski definition) is 2. The Bertz CT molecular complexity index is 273. The Labute approximate surface area is 81.1 Å². The van der Waals surface area contributed by atoms with Gasteiger partial charge in [0.15, 0.2) is 0 Å². The lowest BCUT2D eigenvalue weighted by molar-refractivity contribution is 0.240. The van der Waals surface area contributed by atoms with Gasteiger partial charge in [-0.25, -0.2) is 0 Å². The van der Waals surface area contributed by atoms with Crippen molar-refractivity contribution in [1.82, 2.24) is 0 Å². The van der Waals surface area contributed by atoms with E-state index in [1.165, 1.54) is 0 Å². The van der Waals surface area contributed by atoms with Crippen LogP contribution < -0.4 is 4.74 Å². The van der Waals surface area contributed by atoms with Crippen LogP contribution in [-0.2, 0) is 0 Å². The zero-order valence-electron chi connectivity index (χ0n) is 6.50. The fourth-order valence-electron chi connectivity index (χ4n) is 1.00. The van der Waals surface area contributed by atoms with E-state index in [-0.39, 0.29) is 0 Å². The molecule has 1 aromatic rings. The Kier molecular flexibility index (Phi) is 2.47. The average Bonchev–Trinajstić information content (AvgIpc) is 2.00. The first-order chi connectivity index (χ1) is 5.86. The van der Waals surface area contributed by atoms with Crippen LogP contribution in [0.15, 0.2) is 24.3 Å². The lowest BCUT2D eigenvalue weighted by Crippen LogP contribution is -2.31. The first-order valence-corrected chi connectivity index (χ1v) is 5.38. The molecule has 0 aromatic heterocycles. The monoisotopic (exact) mass is 200 g/mol. The van der Waals surface area contributed by atoms with Gasteiger partial charge in [0.2, 0.25) is 0 Å². The average molecular weight is 201 g/mol. The molecular weight excluding hydrogens is 192 g/mol. The molecular formula is C9H9ClOS. The van der Waals surface area contributed by atoms with Gasteiger partial charge in [-0.15, -0.1) is 0 Å². The highest BCUT2D eigenvalue weighted by molar-refractivity contribution is 8.00. The molecule has 1 fully saturated rings. The molecule has 0 bridgehead atoms. The van der Waals surface area contributed by atoms with Crippen LogP contribution in [0, 0.1) is 0 Å². The van der Waals surface area contributed by atoms with E-state index in [1.807, 2.05) is 36.0 Å². The molecule has 1 aromatic carbocycles. The molecule has 64 valence electrons. The highest BCUT2D eigenvalue weighted by Gasteiger charge is 2.20. The van der Waals surface area contributed by atoms with Crippen LogP contribution in [0.1, 0.15) is 0 Å². The molecule has 2 rings (SSSR count). The Balaban J connectivity index is 2.06. The number of para-hydroxylation sites is 1. The van der Waals surface area contributed by atoms with Crippen LogP contribution >= 0.6 is 23.4 Å². The Morgan fingerprint density at radius 2 is 2.08 bits per heavy atom. The van der Waals surface area contributed by atoms with Crippen molar-refractivity contribution in [3.63, 3.8) is 0 Å². The lowest BCUT2D eigenvalue weighted by Gasteiger charge is -2.26. The van der Waals surface area contributed by atoms with E-state index in [0.717, 1.165) is 17.3 Å². The molecule has 1 heterocycles. The molecule has 0 radical (unpaired) electrons. The minimum absolute atomic E-state index is 0.370. The van der Waals surface area contributed by atoms with Crippen LogP contribution in [0.4, 0.5) is 0 Å². The van der Waals surface area contributed by atoms with Crippen molar-refractivity contribution in [2.24, 2.45) is 0 Å². The van der Waals surface area contributed by atoms with Gasteiger partial charge in [-0.2, -0.15) is 11.8 Å². The summed E-state index contributed by atoms with van der Waals surface area (Å²) in [7, 11) is 0. The van der Waals surface area contributed by atoms with Gasteiger partial charge in [-0.05, 0) is 12.1 Å². The summed E-state index contributed by atoms with van der Waals surface area (Å²) < 4.78 is 5.63. The molecule has 0 atom stereocenters. The maximum atomic E-state index is 5.92. The van der Waals surface area contributed by atoms with Crippen molar-refractivity contribution in [3.8, 4) is 5.75 Å². The van der Waals surface area contributed by atoms with Crippen LogP contribution in [0.3, 0.4) is 0 Å². The van der Waals surface area contributed by atoms with Crippen LogP contribution in [0.5, 0.6) is 5.75 Å². The second-order valence-electron chi connectivity index (χ2n) is 2.71. The third-order valence-corrected chi connectivity index (χ3v) is 3.26. The summed E-state index contributed by atoms with van der Waals surface area (Å²) in [6, 6.07) is 7.60. The molecule has 0 amide bonds. The number of rotatable bonds is 2. The number of ether oxygens (including phenoxy) is 1. The first-order valence-electron chi connectivity index (χ1n) is 3.85. The zero-order chi connectivity index (χ0) is 8.39. The Hall–Kier alpha value is -0.340. The van der Waals surface area contributed by atoms with Crippen LogP contribution in [0.2, 0.25) is 5.02 Å². The van der Waals surface area contributed by atoms with E-state index >= 15 is 0 Å². The Morgan fingerprint density at radius 3 is 2.67 bits per heavy atom. The summed E-state index contributed by atoms with van der Waals surface area (Å²) in [5.41, 5.74) is 0. The Morgan fingerprint density at radius 1 is 1.33 bits per heavy atom. The normalized spacial score (nSPS) is 17.1. The van der Waals surface area contributed by atoms with E-state index in [4.69, 9.17) is 16.3 Å². The van der Waals surface area contributed by atoms with Crippen molar-refractivity contribution in [2.75, 3.05) is 11.5 Å². The number of hydrogen-bond donors (Lipinski definition) is 0. The molecule has 0 aliphatic carbocycles. The molecule has 0 saturated carbocycles. The second kappa shape index (κ2) is 3.58. The predicted octanol–water partition coefficient (Wildman–Crippen LogP) is 2.83. The van der Waals surface area contributed by atoms with Gasteiger partial charge in [0.25, 0.3) is 0 Å². The molecule has 1 aliphatic heterocycles. The topological polar surface area (TPSA) is 9.23 Å². The predicted molar refractivity (Wildman–Crippen MR) is 53.2 cm³/mol. The lowest BCUT2D eigenvalue weighted by atomic mass is 10.3. The van der Waals surface area contributed by atoms with Gasteiger partial charge in [0.1, 0.15) is 11.9 Å². The van der Waals surface area contributed by atoms with Gasteiger partial charge in [0, 0.05) is 11.5 Å². The van der Waals surface area contributed by atoms with Crippen LogP contribution in [-0.4, -0.2) is 17.6 Å². The third kappa shape index (κ3) is 1.70. The van der Waals surface area contributed by atoms with E-state index in [9.17, 15) is 0 Å². The zero-order valence-corrected chi connectivity index (χ0v) is 8.07. The van der Waals surface area contributed by atoms with Gasteiger partial charge < -0.3 is 4.74 Å². The summed E-state index contributed by atoms with van der Waals surface area (Å²) >= 11 is 7.82. The van der Waals surface area contributed by atoms with E-state index in [1.54, 1.807) is 0 Å². The molecule has 0 spiro atoms. The number of thioether (sulfide) groups is 1. The van der Waals surface area contributed by atoms with Crippen molar-refractivity contribution >= 4 is 23.4 Å². The summed E-state index contributed by atoms with van der Waals surface area (Å²) in [6.07, 6.45) is 0.370. The minimum atomic E-state index is 0.370. The van der Waals surface area contributed by atoms with Crippen molar-refractivity contribution < 1.29 is 4.74 Å². The molecule has 12 heavy (non-hydrogen) atoms. The molecule has 1 aliphatic rings. The fourth-order valence-corrected chi connectivity index (χ4v) is 1.75. The van der Waals surface area contributed by atoms with Gasteiger partial charge in [0.05, 0.1) is 5.02 Å². The van der Waals surface area contributed by atoms with Crippen molar-refractivity contribution in [1.29, 1.82) is 0 Å². The highest BCUT2D eigenvalue weighted by atomic mass is 35.5. The maximum Gasteiger partial charge on any atom is 0.138 e. The van der Waals surface area contributed by atoms with E-state index in [0.29, 0.717) is 11.1 Å². The van der Waals surface area contributed by atoms with Crippen molar-refractivity contribution in [3.05, 3.63) is 29.3 Å². The molecule has 0 unspecified atom stereocenters. The smallest absolute Gasteiger partial charge is 0.138 e. The second-order valence-corrected chi connectivity index (χ2v) is 4.19. The fraction of sp³-hybridized carbons (Fsp3) is 0.333. The summed E-state index contributed by atoms with van der Waals surface area (Å²) in [4.78, 5) is 0. The van der Waals surface area contributed by atoms with E-state index < -0.39 is 0 Å². The number of halogens is 1. The highest BCUT2D eigenvalue weighted by Crippen LogP contribution is 2.28. The summed E-state index contributed by atoms with van der Waals surface area (Å²) in [5.74, 6) is 2.99. The first kappa shape index (κ1) is 8.27. The van der Waals surface area contributed by atoms with Crippen molar-refractivity contribution in [2.45, 2.75) is 6.10 Å². The molecule has 1 saturated heterocycles. The summed E-state index contributed by atoms with van der Waals surface area (Å²) in [5, 5.41) is 0.703. The SMILES string of the molecule is Clc1ccccc1OC1CSC1.